The van der Waals surface area contributed by atoms with Crippen molar-refractivity contribution in [3.05, 3.63) is 0 Å². The summed E-state index contributed by atoms with van der Waals surface area (Å²) in [5.74, 6) is 0. The van der Waals surface area contributed by atoms with Crippen molar-refractivity contribution in [2.24, 2.45) is 0 Å². The van der Waals surface area contributed by atoms with Crippen LogP contribution in [0.25, 0.3) is 0 Å². The van der Waals surface area contributed by atoms with Gasteiger partial charge in [0, 0.05) is 10.5 Å². The summed E-state index contributed by atoms with van der Waals surface area (Å²) in [7, 11) is 0. The van der Waals surface area contributed by atoms with Crippen LogP contribution in [0.2, 0.25) is 0 Å². The second-order valence-corrected chi connectivity index (χ2v) is 8.75. The Morgan fingerprint density at radius 2 is 0.857 bits per heavy atom. The van der Waals surface area contributed by atoms with Gasteiger partial charge in [-0.3, -0.25) is 0 Å². The third-order valence-electron chi connectivity index (χ3n) is 4.39. The standard InChI is InChI=1S/C20H42S/c1-5-7-9-11-13-15-17-19(3)21-20(4)18-16-14-12-10-8-6-2/h19-20H,5-18H2,1-4H3. The quantitative estimate of drug-likeness (QED) is 0.260. The van der Waals surface area contributed by atoms with Crippen molar-refractivity contribution in [3.8, 4) is 0 Å². The van der Waals surface area contributed by atoms with Crippen molar-refractivity contribution in [2.45, 2.75) is 128 Å². The van der Waals surface area contributed by atoms with Crippen molar-refractivity contribution < 1.29 is 0 Å². The number of unbranched alkanes of at least 4 members (excludes halogenated alkanes) is 10. The SMILES string of the molecule is CCCCCCCCC(C)SC(C)CCCCCCCC. The Balaban J connectivity index is 3.33. The molecule has 0 spiro atoms. The molecule has 0 radical (unpaired) electrons. The van der Waals surface area contributed by atoms with Crippen LogP contribution in [0.5, 0.6) is 0 Å². The third kappa shape index (κ3) is 16.5. The van der Waals surface area contributed by atoms with E-state index < -0.39 is 0 Å². The predicted molar refractivity (Wildman–Crippen MR) is 103 cm³/mol. The Kier molecular flexibility index (Phi) is 17.0. The Bertz CT molecular complexity index is 170. The topological polar surface area (TPSA) is 0 Å². The molecule has 0 aromatic carbocycles. The first-order valence-electron chi connectivity index (χ1n) is 9.86. The fourth-order valence-corrected chi connectivity index (χ4v) is 4.36. The monoisotopic (exact) mass is 314 g/mol. The number of rotatable bonds is 16. The van der Waals surface area contributed by atoms with Crippen LogP contribution in [0.1, 0.15) is 118 Å². The molecule has 2 atom stereocenters. The van der Waals surface area contributed by atoms with Gasteiger partial charge >= 0.3 is 0 Å². The van der Waals surface area contributed by atoms with Gasteiger partial charge in [0.1, 0.15) is 0 Å². The Morgan fingerprint density at radius 1 is 0.524 bits per heavy atom. The van der Waals surface area contributed by atoms with Gasteiger partial charge in [0.2, 0.25) is 0 Å². The van der Waals surface area contributed by atoms with Gasteiger partial charge in [-0.1, -0.05) is 105 Å². The summed E-state index contributed by atoms with van der Waals surface area (Å²) in [6.45, 7) is 9.47. The summed E-state index contributed by atoms with van der Waals surface area (Å²) < 4.78 is 0. The second kappa shape index (κ2) is 16.7. The molecule has 0 aliphatic rings. The van der Waals surface area contributed by atoms with Gasteiger partial charge in [-0.15, -0.1) is 0 Å². The highest BCUT2D eigenvalue weighted by Gasteiger charge is 2.08. The first kappa shape index (κ1) is 21.4. The summed E-state index contributed by atoms with van der Waals surface area (Å²) >= 11 is 2.24. The summed E-state index contributed by atoms with van der Waals surface area (Å²) in [6, 6.07) is 0. The molecule has 0 aromatic heterocycles. The molecular weight excluding hydrogens is 272 g/mol. The molecule has 21 heavy (non-hydrogen) atoms. The Labute approximate surface area is 140 Å². The van der Waals surface area contributed by atoms with Crippen LogP contribution in [0.3, 0.4) is 0 Å². The Hall–Kier alpha value is 0.350. The maximum Gasteiger partial charge on any atom is 0.00213 e. The third-order valence-corrected chi connectivity index (χ3v) is 5.79. The van der Waals surface area contributed by atoms with Crippen LogP contribution in [0.15, 0.2) is 0 Å². The first-order chi connectivity index (χ1) is 10.2. The van der Waals surface area contributed by atoms with Crippen LogP contribution in [0, 0.1) is 0 Å². The van der Waals surface area contributed by atoms with Gasteiger partial charge in [-0.2, -0.15) is 11.8 Å². The van der Waals surface area contributed by atoms with E-state index in [0.717, 1.165) is 10.5 Å². The molecule has 0 saturated carbocycles. The van der Waals surface area contributed by atoms with E-state index in [2.05, 4.69) is 39.5 Å². The lowest BCUT2D eigenvalue weighted by Gasteiger charge is -2.17. The Morgan fingerprint density at radius 3 is 1.24 bits per heavy atom. The van der Waals surface area contributed by atoms with E-state index in [0.29, 0.717) is 0 Å². The molecule has 0 rings (SSSR count). The van der Waals surface area contributed by atoms with Gasteiger partial charge in [0.05, 0.1) is 0 Å². The molecule has 0 heterocycles. The van der Waals surface area contributed by atoms with Crippen LogP contribution >= 0.6 is 11.8 Å². The zero-order valence-electron chi connectivity index (χ0n) is 15.5. The lowest BCUT2D eigenvalue weighted by atomic mass is 10.1. The molecular formula is C20H42S. The summed E-state index contributed by atoms with van der Waals surface area (Å²) in [4.78, 5) is 0. The molecule has 0 saturated heterocycles. The summed E-state index contributed by atoms with van der Waals surface area (Å²) in [5, 5.41) is 1.73. The van der Waals surface area contributed by atoms with Gasteiger partial charge in [-0.25, -0.2) is 0 Å². The summed E-state index contributed by atoms with van der Waals surface area (Å²) in [6.07, 6.45) is 20.1. The lowest BCUT2D eigenvalue weighted by Crippen LogP contribution is -2.05. The highest BCUT2D eigenvalue weighted by Crippen LogP contribution is 2.26. The molecule has 0 aliphatic carbocycles. The van der Waals surface area contributed by atoms with Crippen molar-refractivity contribution in [3.63, 3.8) is 0 Å². The maximum atomic E-state index is 2.44. The largest absolute Gasteiger partial charge is 0.156 e. The van der Waals surface area contributed by atoms with Crippen molar-refractivity contribution in [1.29, 1.82) is 0 Å². The van der Waals surface area contributed by atoms with E-state index in [-0.39, 0.29) is 0 Å². The molecule has 0 N–H and O–H groups in total. The minimum Gasteiger partial charge on any atom is -0.156 e. The number of hydrogen-bond acceptors (Lipinski definition) is 1. The predicted octanol–water partition coefficient (Wildman–Crippen LogP) is 8.00. The minimum atomic E-state index is 0.867. The van der Waals surface area contributed by atoms with E-state index in [1.165, 1.54) is 89.9 Å². The molecule has 0 bridgehead atoms. The fraction of sp³-hybridized carbons (Fsp3) is 1.00. The van der Waals surface area contributed by atoms with Crippen molar-refractivity contribution >= 4 is 11.8 Å². The molecule has 128 valence electrons. The highest BCUT2D eigenvalue weighted by atomic mass is 32.2. The molecule has 0 nitrogen and oxygen atoms in total. The number of hydrogen-bond donors (Lipinski definition) is 0. The maximum absolute atomic E-state index is 2.44. The van der Waals surface area contributed by atoms with Crippen LogP contribution in [-0.2, 0) is 0 Å². The molecule has 2 unspecified atom stereocenters. The van der Waals surface area contributed by atoms with Gasteiger partial charge in [0.15, 0.2) is 0 Å². The normalized spacial score (nSPS) is 14.3. The lowest BCUT2D eigenvalue weighted by molar-refractivity contribution is 0.582. The van der Waals surface area contributed by atoms with E-state index in [1.54, 1.807) is 0 Å². The zero-order valence-corrected chi connectivity index (χ0v) is 16.3. The van der Waals surface area contributed by atoms with E-state index in [9.17, 15) is 0 Å². The van der Waals surface area contributed by atoms with Gasteiger partial charge < -0.3 is 0 Å². The zero-order chi connectivity index (χ0) is 15.8. The average Bonchev–Trinajstić information content (AvgIpc) is 2.46. The molecule has 0 fully saturated rings. The van der Waals surface area contributed by atoms with E-state index in [4.69, 9.17) is 0 Å². The summed E-state index contributed by atoms with van der Waals surface area (Å²) in [5.41, 5.74) is 0. The molecule has 0 amide bonds. The number of thioether (sulfide) groups is 1. The average molecular weight is 315 g/mol. The van der Waals surface area contributed by atoms with Gasteiger partial charge in [0.25, 0.3) is 0 Å². The minimum absolute atomic E-state index is 0.867. The van der Waals surface area contributed by atoms with Crippen molar-refractivity contribution in [2.75, 3.05) is 0 Å². The second-order valence-electron chi connectivity index (χ2n) is 6.87. The van der Waals surface area contributed by atoms with Crippen LogP contribution in [0.4, 0.5) is 0 Å². The van der Waals surface area contributed by atoms with Crippen molar-refractivity contribution in [1.82, 2.24) is 0 Å². The molecule has 0 aromatic rings. The van der Waals surface area contributed by atoms with E-state index in [1.807, 2.05) is 0 Å². The smallest absolute Gasteiger partial charge is 0.00213 e. The van der Waals surface area contributed by atoms with Crippen LogP contribution < -0.4 is 0 Å². The van der Waals surface area contributed by atoms with Gasteiger partial charge in [-0.05, 0) is 12.8 Å². The molecule has 1 heteroatoms. The van der Waals surface area contributed by atoms with Crippen LogP contribution in [-0.4, -0.2) is 10.5 Å². The molecule has 0 aliphatic heterocycles. The van der Waals surface area contributed by atoms with E-state index >= 15 is 0 Å². The highest BCUT2D eigenvalue weighted by molar-refractivity contribution is 8.00. The fourth-order valence-electron chi connectivity index (χ4n) is 2.96. The first-order valence-corrected chi connectivity index (χ1v) is 10.8.